The molecule has 1 rings (SSSR count). The van der Waals surface area contributed by atoms with E-state index in [2.05, 4.69) is 10.6 Å². The van der Waals surface area contributed by atoms with Crippen molar-refractivity contribution in [3.8, 4) is 0 Å². The van der Waals surface area contributed by atoms with E-state index < -0.39 is 0 Å². The molecule has 1 heterocycles. The van der Waals surface area contributed by atoms with Crippen molar-refractivity contribution < 1.29 is 5.11 Å². The lowest BCUT2D eigenvalue weighted by molar-refractivity contribution is 0.280. The van der Waals surface area contributed by atoms with Crippen molar-refractivity contribution in [3.63, 3.8) is 0 Å². The fourth-order valence-electron chi connectivity index (χ4n) is 1.57. The lowest BCUT2D eigenvalue weighted by Gasteiger charge is -2.23. The average Bonchev–Trinajstić information content (AvgIpc) is 2.14. The SMILES string of the molecule is OCCCCNC1CCNCC1. The summed E-state index contributed by atoms with van der Waals surface area (Å²) in [6.45, 7) is 3.69. The lowest BCUT2D eigenvalue weighted by Crippen LogP contribution is -2.40. The molecule has 0 aromatic carbocycles. The van der Waals surface area contributed by atoms with Crippen LogP contribution in [-0.4, -0.2) is 37.4 Å². The number of hydrogen-bond donors (Lipinski definition) is 3. The summed E-state index contributed by atoms with van der Waals surface area (Å²) >= 11 is 0. The highest BCUT2D eigenvalue weighted by Gasteiger charge is 2.10. The van der Waals surface area contributed by atoms with Crippen molar-refractivity contribution in [2.45, 2.75) is 31.7 Å². The van der Waals surface area contributed by atoms with E-state index in [-0.39, 0.29) is 0 Å². The van der Waals surface area contributed by atoms with Gasteiger partial charge in [-0.3, -0.25) is 0 Å². The Labute approximate surface area is 74.5 Å². The van der Waals surface area contributed by atoms with E-state index >= 15 is 0 Å². The number of aliphatic hydroxyl groups excluding tert-OH is 1. The Kier molecular flexibility index (Phi) is 5.32. The molecule has 72 valence electrons. The summed E-state index contributed by atoms with van der Waals surface area (Å²) in [6, 6.07) is 0.713. The van der Waals surface area contributed by atoms with Crippen LogP contribution in [-0.2, 0) is 0 Å². The van der Waals surface area contributed by atoms with E-state index in [1.165, 1.54) is 12.8 Å². The quantitative estimate of drug-likeness (QED) is 0.515. The first kappa shape index (κ1) is 9.96. The minimum absolute atomic E-state index is 0.327. The maximum atomic E-state index is 8.57. The fourth-order valence-corrected chi connectivity index (χ4v) is 1.57. The van der Waals surface area contributed by atoms with E-state index in [0.717, 1.165) is 32.5 Å². The second-order valence-corrected chi connectivity index (χ2v) is 3.41. The maximum absolute atomic E-state index is 8.57. The third-order valence-electron chi connectivity index (χ3n) is 2.36. The monoisotopic (exact) mass is 172 g/mol. The summed E-state index contributed by atoms with van der Waals surface area (Å²) in [6.07, 6.45) is 4.52. The molecule has 0 amide bonds. The Morgan fingerprint density at radius 2 is 2.00 bits per heavy atom. The van der Waals surface area contributed by atoms with Crippen LogP contribution in [0.25, 0.3) is 0 Å². The van der Waals surface area contributed by atoms with Gasteiger partial charge in [-0.05, 0) is 45.3 Å². The topological polar surface area (TPSA) is 44.3 Å². The summed E-state index contributed by atoms with van der Waals surface area (Å²) in [5.74, 6) is 0. The second-order valence-electron chi connectivity index (χ2n) is 3.41. The predicted molar refractivity (Wildman–Crippen MR) is 50.2 cm³/mol. The molecule has 0 atom stereocenters. The number of nitrogens with one attached hydrogen (secondary N) is 2. The van der Waals surface area contributed by atoms with Crippen molar-refractivity contribution in [3.05, 3.63) is 0 Å². The normalized spacial score (nSPS) is 19.8. The van der Waals surface area contributed by atoms with Gasteiger partial charge in [0.05, 0.1) is 0 Å². The zero-order valence-electron chi connectivity index (χ0n) is 7.68. The molecule has 0 spiro atoms. The van der Waals surface area contributed by atoms with E-state index in [9.17, 15) is 0 Å². The van der Waals surface area contributed by atoms with E-state index in [0.29, 0.717) is 12.6 Å². The number of unbranched alkanes of at least 4 members (excludes halogenated alkanes) is 1. The summed E-state index contributed by atoms with van der Waals surface area (Å²) < 4.78 is 0. The van der Waals surface area contributed by atoms with Crippen LogP contribution >= 0.6 is 0 Å². The van der Waals surface area contributed by atoms with Crippen molar-refractivity contribution >= 4 is 0 Å². The van der Waals surface area contributed by atoms with Crippen LogP contribution in [0.1, 0.15) is 25.7 Å². The van der Waals surface area contributed by atoms with Gasteiger partial charge in [-0.25, -0.2) is 0 Å². The van der Waals surface area contributed by atoms with Crippen LogP contribution < -0.4 is 10.6 Å². The largest absolute Gasteiger partial charge is 0.396 e. The first-order chi connectivity index (χ1) is 5.93. The van der Waals surface area contributed by atoms with Gasteiger partial charge in [0.25, 0.3) is 0 Å². The highest BCUT2D eigenvalue weighted by molar-refractivity contribution is 4.73. The van der Waals surface area contributed by atoms with Crippen molar-refractivity contribution in [1.82, 2.24) is 10.6 Å². The van der Waals surface area contributed by atoms with E-state index in [1.54, 1.807) is 0 Å². The van der Waals surface area contributed by atoms with Crippen LogP contribution in [0.3, 0.4) is 0 Å². The number of aliphatic hydroxyl groups is 1. The minimum Gasteiger partial charge on any atom is -0.396 e. The zero-order chi connectivity index (χ0) is 8.65. The van der Waals surface area contributed by atoms with Gasteiger partial charge >= 0.3 is 0 Å². The Bertz CT molecular complexity index is 103. The molecule has 1 fully saturated rings. The van der Waals surface area contributed by atoms with Gasteiger partial charge in [-0.15, -0.1) is 0 Å². The summed E-state index contributed by atoms with van der Waals surface area (Å²) in [4.78, 5) is 0. The molecule has 1 aliphatic heterocycles. The van der Waals surface area contributed by atoms with Crippen LogP contribution in [0.4, 0.5) is 0 Å². The highest BCUT2D eigenvalue weighted by Crippen LogP contribution is 2.01. The summed E-state index contributed by atoms with van der Waals surface area (Å²) in [5.41, 5.74) is 0. The molecule has 0 aliphatic carbocycles. The Balaban J connectivity index is 1.91. The molecular weight excluding hydrogens is 152 g/mol. The first-order valence-electron chi connectivity index (χ1n) is 4.98. The predicted octanol–water partition coefficient (Wildman–Crippen LogP) is 0.100. The van der Waals surface area contributed by atoms with Gasteiger partial charge in [0.15, 0.2) is 0 Å². The molecule has 1 aliphatic rings. The van der Waals surface area contributed by atoms with Gasteiger partial charge < -0.3 is 15.7 Å². The molecule has 0 aromatic rings. The highest BCUT2D eigenvalue weighted by atomic mass is 16.2. The molecule has 0 aromatic heterocycles. The van der Waals surface area contributed by atoms with Gasteiger partial charge in [-0.1, -0.05) is 0 Å². The Hall–Kier alpha value is -0.120. The molecule has 3 nitrogen and oxygen atoms in total. The lowest BCUT2D eigenvalue weighted by atomic mass is 10.1. The molecule has 0 unspecified atom stereocenters. The first-order valence-corrected chi connectivity index (χ1v) is 4.98. The van der Waals surface area contributed by atoms with Crippen molar-refractivity contribution in [2.24, 2.45) is 0 Å². The maximum Gasteiger partial charge on any atom is 0.0431 e. The molecule has 0 radical (unpaired) electrons. The van der Waals surface area contributed by atoms with E-state index in [4.69, 9.17) is 5.11 Å². The molecular formula is C9H20N2O. The smallest absolute Gasteiger partial charge is 0.0431 e. The van der Waals surface area contributed by atoms with Gasteiger partial charge in [0.2, 0.25) is 0 Å². The van der Waals surface area contributed by atoms with Crippen LogP contribution in [0.2, 0.25) is 0 Å². The minimum atomic E-state index is 0.327. The third-order valence-corrected chi connectivity index (χ3v) is 2.36. The van der Waals surface area contributed by atoms with Gasteiger partial charge in [0.1, 0.15) is 0 Å². The molecule has 1 saturated heterocycles. The number of piperidine rings is 1. The zero-order valence-corrected chi connectivity index (χ0v) is 7.68. The molecule has 3 N–H and O–H groups in total. The Morgan fingerprint density at radius 3 is 2.67 bits per heavy atom. The van der Waals surface area contributed by atoms with Crippen molar-refractivity contribution in [1.29, 1.82) is 0 Å². The van der Waals surface area contributed by atoms with Crippen LogP contribution in [0.15, 0.2) is 0 Å². The molecule has 12 heavy (non-hydrogen) atoms. The second kappa shape index (κ2) is 6.40. The van der Waals surface area contributed by atoms with Gasteiger partial charge in [-0.2, -0.15) is 0 Å². The Morgan fingerprint density at radius 1 is 1.25 bits per heavy atom. The number of rotatable bonds is 5. The summed E-state index contributed by atoms with van der Waals surface area (Å²) in [7, 11) is 0. The van der Waals surface area contributed by atoms with Crippen LogP contribution in [0, 0.1) is 0 Å². The van der Waals surface area contributed by atoms with E-state index in [1.807, 2.05) is 0 Å². The average molecular weight is 172 g/mol. The molecule has 3 heteroatoms. The molecule has 0 saturated carbocycles. The van der Waals surface area contributed by atoms with Crippen molar-refractivity contribution in [2.75, 3.05) is 26.2 Å². The van der Waals surface area contributed by atoms with Crippen LogP contribution in [0.5, 0.6) is 0 Å². The summed E-state index contributed by atoms with van der Waals surface area (Å²) in [5, 5.41) is 15.4. The number of hydrogen-bond acceptors (Lipinski definition) is 3. The third kappa shape index (κ3) is 4.04. The van der Waals surface area contributed by atoms with Gasteiger partial charge in [0, 0.05) is 12.6 Å². The molecule has 0 bridgehead atoms. The fraction of sp³-hybridized carbons (Fsp3) is 1.00. The standard InChI is InChI=1S/C9H20N2O/c12-8-2-1-5-11-9-3-6-10-7-4-9/h9-12H,1-8H2.